The Morgan fingerprint density at radius 3 is 2.39 bits per heavy atom. The average Bonchev–Trinajstić information content (AvgIpc) is 3.14. The summed E-state index contributed by atoms with van der Waals surface area (Å²) in [6, 6.07) is 23.9. The third-order valence-corrected chi connectivity index (χ3v) is 7.36. The minimum atomic E-state index is -0.663. The van der Waals surface area contributed by atoms with E-state index in [0.29, 0.717) is 37.9 Å². The zero-order valence-electron chi connectivity index (χ0n) is 26.8. The van der Waals surface area contributed by atoms with Gasteiger partial charge in [0, 0.05) is 24.3 Å². The highest BCUT2D eigenvalue weighted by atomic mass is 16.6. The number of carbonyl (C=O) groups excluding carboxylic acids is 4. The van der Waals surface area contributed by atoms with E-state index in [1.54, 1.807) is 31.7 Å². The highest BCUT2D eigenvalue weighted by Crippen LogP contribution is 2.29. The monoisotopic (exact) mass is 628 g/mol. The molecule has 1 unspecified atom stereocenters. The van der Waals surface area contributed by atoms with Gasteiger partial charge in [-0.2, -0.15) is 0 Å². The molecule has 3 aromatic carbocycles. The van der Waals surface area contributed by atoms with Crippen LogP contribution in [0.5, 0.6) is 0 Å². The van der Waals surface area contributed by atoms with Crippen LogP contribution >= 0.6 is 0 Å². The van der Waals surface area contributed by atoms with Gasteiger partial charge in [0.15, 0.2) is 0 Å². The number of ether oxygens (including phenoxy) is 2. The van der Waals surface area contributed by atoms with Crippen LogP contribution in [0.15, 0.2) is 78.9 Å². The molecule has 3 N–H and O–H groups in total. The Kier molecular flexibility index (Phi) is 12.2. The minimum Gasteiger partial charge on any atom is -0.445 e. The maximum absolute atomic E-state index is 13.9. The Balaban J connectivity index is 1.27. The zero-order chi connectivity index (χ0) is 32.9. The molecule has 4 rings (SSSR count). The number of benzene rings is 3. The summed E-state index contributed by atoms with van der Waals surface area (Å²) < 4.78 is 10.6. The van der Waals surface area contributed by atoms with Gasteiger partial charge in [0.2, 0.25) is 11.8 Å². The number of hydrogen-bond donors (Lipinski definition) is 3. The van der Waals surface area contributed by atoms with Gasteiger partial charge in [-0.25, -0.2) is 9.59 Å². The molecule has 0 saturated carbocycles. The maximum Gasteiger partial charge on any atom is 0.412 e. The highest BCUT2D eigenvalue weighted by molar-refractivity contribution is 6.00. The Morgan fingerprint density at radius 2 is 1.61 bits per heavy atom. The van der Waals surface area contributed by atoms with Crippen LogP contribution in [0.3, 0.4) is 0 Å². The molecule has 0 saturated heterocycles. The first-order valence-corrected chi connectivity index (χ1v) is 15.8. The number of nitrogens with zero attached hydrogens (tertiary/aromatic N) is 1. The summed E-state index contributed by atoms with van der Waals surface area (Å²) >= 11 is 0. The van der Waals surface area contributed by atoms with E-state index >= 15 is 0 Å². The molecule has 10 nitrogen and oxygen atoms in total. The Hall–Kier alpha value is -4.86. The number of aryl methyl sites for hydroxylation is 1. The lowest BCUT2D eigenvalue weighted by molar-refractivity contribution is -0.127. The van der Waals surface area contributed by atoms with Crippen LogP contribution < -0.4 is 20.9 Å². The number of rotatable bonds is 12. The third-order valence-electron chi connectivity index (χ3n) is 7.36. The molecule has 0 radical (unpaired) electrons. The molecule has 1 aliphatic rings. The molecule has 4 amide bonds. The van der Waals surface area contributed by atoms with Gasteiger partial charge in [-0.3, -0.25) is 14.9 Å². The van der Waals surface area contributed by atoms with E-state index in [9.17, 15) is 19.2 Å². The number of anilines is 2. The van der Waals surface area contributed by atoms with E-state index < -0.39 is 23.8 Å². The number of alkyl carbamates (subject to hydrolysis) is 1. The van der Waals surface area contributed by atoms with E-state index in [-0.39, 0.29) is 31.4 Å². The number of carbonyl (C=O) groups is 4. The molecule has 244 valence electrons. The Bertz CT molecular complexity index is 1490. The number of amides is 4. The van der Waals surface area contributed by atoms with Crippen molar-refractivity contribution < 1.29 is 28.7 Å². The molecule has 0 aliphatic carbocycles. The SMILES string of the molecule is CC(C)(C)OC(=O)Nc1cccc(CN2C(=O)C(NC(=O)CCCCCNC(=O)OCc3ccccc3)CCc3ccccc32)c1. The smallest absolute Gasteiger partial charge is 0.412 e. The van der Waals surface area contributed by atoms with Crippen molar-refractivity contribution in [2.24, 2.45) is 0 Å². The second kappa shape index (κ2) is 16.5. The fourth-order valence-electron chi connectivity index (χ4n) is 5.18. The first-order valence-electron chi connectivity index (χ1n) is 15.8. The average molecular weight is 629 g/mol. The second-order valence-corrected chi connectivity index (χ2v) is 12.3. The van der Waals surface area contributed by atoms with E-state index in [4.69, 9.17) is 9.47 Å². The number of para-hydroxylation sites is 1. The minimum absolute atomic E-state index is 0.178. The summed E-state index contributed by atoms with van der Waals surface area (Å²) in [5.74, 6) is -0.356. The van der Waals surface area contributed by atoms with Crippen molar-refractivity contribution in [3.63, 3.8) is 0 Å². The Labute approximate surface area is 270 Å². The fourth-order valence-corrected chi connectivity index (χ4v) is 5.18. The first kappa shape index (κ1) is 34.0. The van der Waals surface area contributed by atoms with Crippen molar-refractivity contribution in [2.75, 3.05) is 16.8 Å². The summed E-state index contributed by atoms with van der Waals surface area (Å²) in [7, 11) is 0. The van der Waals surface area contributed by atoms with E-state index in [1.165, 1.54) is 0 Å². The standard InChI is InChI=1S/C36H44N4O6/c1-36(2,3)46-35(44)38-29-17-12-15-27(23-29)24-40-31-18-10-9-16-28(31)20-21-30(33(40)42)39-32(41)19-8-5-11-22-37-34(43)45-25-26-13-6-4-7-14-26/h4,6-7,9-10,12-18,23,30H,5,8,11,19-22,24-25H2,1-3H3,(H,37,43)(H,38,44)(H,39,41). The summed E-state index contributed by atoms with van der Waals surface area (Å²) in [6.45, 7) is 6.34. The van der Waals surface area contributed by atoms with E-state index in [1.807, 2.05) is 72.8 Å². The molecule has 0 fully saturated rings. The quantitative estimate of drug-likeness (QED) is 0.197. The van der Waals surface area contributed by atoms with Gasteiger partial charge in [0.25, 0.3) is 0 Å². The van der Waals surface area contributed by atoms with Crippen molar-refractivity contribution in [3.05, 3.63) is 95.6 Å². The van der Waals surface area contributed by atoms with Gasteiger partial charge < -0.3 is 25.0 Å². The van der Waals surface area contributed by atoms with E-state index in [0.717, 1.165) is 28.8 Å². The van der Waals surface area contributed by atoms with Gasteiger partial charge in [0.05, 0.1) is 6.54 Å². The van der Waals surface area contributed by atoms with Crippen molar-refractivity contribution in [1.29, 1.82) is 0 Å². The van der Waals surface area contributed by atoms with Crippen molar-refractivity contribution in [2.45, 2.75) is 84.1 Å². The molecule has 0 bridgehead atoms. The van der Waals surface area contributed by atoms with Crippen molar-refractivity contribution >= 4 is 35.4 Å². The molecular formula is C36H44N4O6. The molecule has 0 spiro atoms. The lowest BCUT2D eigenvalue weighted by Gasteiger charge is -2.27. The lowest BCUT2D eigenvalue weighted by Crippen LogP contribution is -2.47. The first-order chi connectivity index (χ1) is 22.1. The molecule has 0 aromatic heterocycles. The summed E-state index contributed by atoms with van der Waals surface area (Å²) in [5, 5.41) is 8.46. The number of hydrogen-bond acceptors (Lipinski definition) is 6. The summed E-state index contributed by atoms with van der Waals surface area (Å²) in [5.41, 5.74) is 3.52. The predicted octanol–water partition coefficient (Wildman–Crippen LogP) is 6.48. The molecule has 3 aromatic rings. The lowest BCUT2D eigenvalue weighted by atomic mass is 10.1. The van der Waals surface area contributed by atoms with Gasteiger partial charge in [-0.05, 0) is 81.3 Å². The van der Waals surface area contributed by atoms with Gasteiger partial charge in [-0.1, -0.05) is 67.1 Å². The molecule has 10 heteroatoms. The van der Waals surface area contributed by atoms with Crippen LogP contribution in [0, 0.1) is 0 Å². The molecule has 1 heterocycles. The van der Waals surface area contributed by atoms with Gasteiger partial charge in [-0.15, -0.1) is 0 Å². The normalized spacial score (nSPS) is 14.5. The fraction of sp³-hybridized carbons (Fsp3) is 0.389. The van der Waals surface area contributed by atoms with Crippen LogP contribution in [0.2, 0.25) is 0 Å². The highest BCUT2D eigenvalue weighted by Gasteiger charge is 2.31. The van der Waals surface area contributed by atoms with Gasteiger partial charge in [0.1, 0.15) is 18.2 Å². The molecular weight excluding hydrogens is 584 g/mol. The topological polar surface area (TPSA) is 126 Å². The molecule has 1 aliphatic heterocycles. The molecule has 1 atom stereocenters. The maximum atomic E-state index is 13.9. The largest absolute Gasteiger partial charge is 0.445 e. The van der Waals surface area contributed by atoms with Crippen LogP contribution in [-0.2, 0) is 38.6 Å². The van der Waals surface area contributed by atoms with Crippen LogP contribution in [-0.4, -0.2) is 42.2 Å². The second-order valence-electron chi connectivity index (χ2n) is 12.3. The van der Waals surface area contributed by atoms with Crippen LogP contribution in [0.1, 0.15) is 69.6 Å². The number of unbranched alkanes of at least 4 members (excludes halogenated alkanes) is 2. The number of nitrogens with one attached hydrogen (secondary N) is 3. The zero-order valence-corrected chi connectivity index (χ0v) is 26.8. The summed E-state index contributed by atoms with van der Waals surface area (Å²) in [4.78, 5) is 52.7. The Morgan fingerprint density at radius 1 is 0.870 bits per heavy atom. The van der Waals surface area contributed by atoms with Gasteiger partial charge >= 0.3 is 12.2 Å². The predicted molar refractivity (Wildman–Crippen MR) is 177 cm³/mol. The van der Waals surface area contributed by atoms with E-state index in [2.05, 4.69) is 16.0 Å². The third kappa shape index (κ3) is 10.9. The van der Waals surface area contributed by atoms with Crippen molar-refractivity contribution in [3.8, 4) is 0 Å². The van der Waals surface area contributed by atoms with Crippen LogP contribution in [0.4, 0.5) is 21.0 Å². The number of fused-ring (bicyclic) bond motifs is 1. The van der Waals surface area contributed by atoms with Crippen LogP contribution in [0.25, 0.3) is 0 Å². The summed E-state index contributed by atoms with van der Waals surface area (Å²) in [6.07, 6.45) is 2.49. The van der Waals surface area contributed by atoms with Crippen molar-refractivity contribution in [1.82, 2.24) is 10.6 Å². The molecule has 46 heavy (non-hydrogen) atoms.